The third-order valence-corrected chi connectivity index (χ3v) is 4.82. The molecule has 0 bridgehead atoms. The largest absolute Gasteiger partial charge is 0.271 e. The highest BCUT2D eigenvalue weighted by Gasteiger charge is 2.08. The molecule has 0 spiro atoms. The second-order valence-corrected chi connectivity index (χ2v) is 7.27. The number of aromatic nitrogens is 4. The standard InChI is InChI=1S/C24H22N6O/c1-17-8-11-22(18(2)14-17)15-25-27-24(31)21-12-9-19(10-13-21)16-30-28-23(26-29-30)20-6-4-3-5-7-20/h3-15H,16H2,1-2H3,(H,27,31)/b25-15+. The van der Waals surface area contributed by atoms with Gasteiger partial charge < -0.3 is 0 Å². The van der Waals surface area contributed by atoms with Gasteiger partial charge in [0.25, 0.3) is 5.91 Å². The third-order valence-electron chi connectivity index (χ3n) is 4.82. The molecule has 1 heterocycles. The summed E-state index contributed by atoms with van der Waals surface area (Å²) in [6, 6.07) is 23.0. The van der Waals surface area contributed by atoms with Gasteiger partial charge in [-0.05, 0) is 47.9 Å². The molecule has 3 aromatic carbocycles. The van der Waals surface area contributed by atoms with Crippen LogP contribution in [-0.4, -0.2) is 32.3 Å². The first-order valence-electron chi connectivity index (χ1n) is 9.91. The predicted molar refractivity (Wildman–Crippen MR) is 120 cm³/mol. The summed E-state index contributed by atoms with van der Waals surface area (Å²) < 4.78 is 0. The quantitative estimate of drug-likeness (QED) is 0.387. The Hall–Kier alpha value is -4.13. The van der Waals surface area contributed by atoms with Crippen molar-refractivity contribution in [1.29, 1.82) is 0 Å². The third kappa shape index (κ3) is 5.08. The topological polar surface area (TPSA) is 85.1 Å². The van der Waals surface area contributed by atoms with Crippen molar-refractivity contribution < 1.29 is 4.79 Å². The molecule has 4 aromatic rings. The number of tetrazole rings is 1. The van der Waals surface area contributed by atoms with Crippen LogP contribution in [0.5, 0.6) is 0 Å². The summed E-state index contributed by atoms with van der Waals surface area (Å²) in [6.45, 7) is 4.52. The number of nitrogens with zero attached hydrogens (tertiary/aromatic N) is 5. The Morgan fingerprint density at radius 1 is 1.03 bits per heavy atom. The molecule has 1 N–H and O–H groups in total. The minimum atomic E-state index is -0.266. The Morgan fingerprint density at radius 3 is 2.55 bits per heavy atom. The molecule has 0 saturated carbocycles. The van der Waals surface area contributed by atoms with Gasteiger partial charge in [0.05, 0.1) is 12.8 Å². The first-order chi connectivity index (χ1) is 15.1. The molecular formula is C24H22N6O. The SMILES string of the molecule is Cc1ccc(/C=N/NC(=O)c2ccc(Cn3nnc(-c4ccccc4)n3)cc2)c(C)c1. The summed E-state index contributed by atoms with van der Waals surface area (Å²) in [5.74, 6) is 0.316. The van der Waals surface area contributed by atoms with Gasteiger partial charge in [-0.25, -0.2) is 5.43 Å². The Bertz CT molecular complexity index is 1210. The van der Waals surface area contributed by atoms with Crippen LogP contribution in [0.4, 0.5) is 0 Å². The first kappa shape index (κ1) is 20.2. The van der Waals surface area contributed by atoms with Crippen molar-refractivity contribution in [3.8, 4) is 11.4 Å². The summed E-state index contributed by atoms with van der Waals surface area (Å²) in [5, 5.41) is 16.7. The lowest BCUT2D eigenvalue weighted by molar-refractivity contribution is 0.0955. The molecule has 0 radical (unpaired) electrons. The molecule has 154 valence electrons. The van der Waals surface area contributed by atoms with Gasteiger partial charge in [0, 0.05) is 11.1 Å². The predicted octanol–water partition coefficient (Wildman–Crippen LogP) is 3.77. The Balaban J connectivity index is 1.36. The number of nitrogens with one attached hydrogen (secondary N) is 1. The van der Waals surface area contributed by atoms with E-state index in [1.165, 1.54) is 10.4 Å². The summed E-state index contributed by atoms with van der Waals surface area (Å²) in [5.41, 5.74) is 8.25. The van der Waals surface area contributed by atoms with E-state index in [1.807, 2.05) is 68.4 Å². The molecule has 4 rings (SSSR count). The highest BCUT2D eigenvalue weighted by molar-refractivity contribution is 5.95. The van der Waals surface area contributed by atoms with E-state index in [-0.39, 0.29) is 5.91 Å². The van der Waals surface area contributed by atoms with Gasteiger partial charge in [-0.1, -0.05) is 66.2 Å². The van der Waals surface area contributed by atoms with Crippen molar-refractivity contribution in [2.24, 2.45) is 5.10 Å². The van der Waals surface area contributed by atoms with E-state index < -0.39 is 0 Å². The van der Waals surface area contributed by atoms with Crippen LogP contribution in [0.15, 0.2) is 77.9 Å². The summed E-state index contributed by atoms with van der Waals surface area (Å²) in [6.07, 6.45) is 1.65. The van der Waals surface area contributed by atoms with Crippen molar-refractivity contribution in [2.45, 2.75) is 20.4 Å². The second kappa shape index (κ2) is 9.13. The second-order valence-electron chi connectivity index (χ2n) is 7.27. The maximum absolute atomic E-state index is 12.3. The lowest BCUT2D eigenvalue weighted by Crippen LogP contribution is -2.17. The van der Waals surface area contributed by atoms with Gasteiger partial charge in [0.1, 0.15) is 0 Å². The van der Waals surface area contributed by atoms with E-state index in [0.29, 0.717) is 17.9 Å². The number of amides is 1. The molecule has 0 unspecified atom stereocenters. The monoisotopic (exact) mass is 410 g/mol. The molecule has 31 heavy (non-hydrogen) atoms. The minimum Gasteiger partial charge on any atom is -0.267 e. The number of aryl methyl sites for hydroxylation is 2. The zero-order valence-corrected chi connectivity index (χ0v) is 17.4. The van der Waals surface area contributed by atoms with Crippen LogP contribution in [0.2, 0.25) is 0 Å². The van der Waals surface area contributed by atoms with E-state index >= 15 is 0 Å². The molecule has 0 saturated heterocycles. The molecule has 0 atom stereocenters. The minimum absolute atomic E-state index is 0.266. The van der Waals surface area contributed by atoms with Gasteiger partial charge in [0.2, 0.25) is 5.82 Å². The fourth-order valence-corrected chi connectivity index (χ4v) is 3.13. The Labute approximate surface area is 180 Å². The van der Waals surface area contributed by atoms with E-state index in [2.05, 4.69) is 32.0 Å². The van der Waals surface area contributed by atoms with Crippen LogP contribution in [0, 0.1) is 13.8 Å². The number of hydrogen-bond donors (Lipinski definition) is 1. The zero-order chi connectivity index (χ0) is 21.6. The molecule has 0 aliphatic rings. The number of carbonyl (C=O) groups is 1. The van der Waals surface area contributed by atoms with Crippen LogP contribution in [0.25, 0.3) is 11.4 Å². The smallest absolute Gasteiger partial charge is 0.267 e. The summed E-state index contributed by atoms with van der Waals surface area (Å²) in [4.78, 5) is 13.9. The van der Waals surface area contributed by atoms with Crippen molar-refractivity contribution >= 4 is 12.1 Å². The van der Waals surface area contributed by atoms with Crippen molar-refractivity contribution in [1.82, 2.24) is 25.6 Å². The number of hydrogen-bond acceptors (Lipinski definition) is 5. The van der Waals surface area contributed by atoms with Crippen LogP contribution in [-0.2, 0) is 6.54 Å². The van der Waals surface area contributed by atoms with Crippen molar-refractivity contribution in [2.75, 3.05) is 0 Å². The number of hydrazone groups is 1. The first-order valence-corrected chi connectivity index (χ1v) is 9.91. The van der Waals surface area contributed by atoms with Gasteiger partial charge in [0.15, 0.2) is 0 Å². The van der Waals surface area contributed by atoms with Gasteiger partial charge in [-0.3, -0.25) is 4.79 Å². The molecular weight excluding hydrogens is 388 g/mol. The molecule has 0 fully saturated rings. The average molecular weight is 410 g/mol. The van der Waals surface area contributed by atoms with E-state index in [9.17, 15) is 4.79 Å². The van der Waals surface area contributed by atoms with Crippen molar-refractivity contribution in [3.05, 3.63) is 101 Å². The van der Waals surface area contributed by atoms with E-state index in [0.717, 1.165) is 22.3 Å². The summed E-state index contributed by atoms with van der Waals surface area (Å²) in [7, 11) is 0. The van der Waals surface area contributed by atoms with Crippen LogP contribution in [0.1, 0.15) is 32.6 Å². The van der Waals surface area contributed by atoms with E-state index in [4.69, 9.17) is 0 Å². The lowest BCUT2D eigenvalue weighted by atomic mass is 10.1. The van der Waals surface area contributed by atoms with Crippen LogP contribution in [0.3, 0.4) is 0 Å². The van der Waals surface area contributed by atoms with Crippen LogP contribution >= 0.6 is 0 Å². The highest BCUT2D eigenvalue weighted by Crippen LogP contribution is 2.13. The molecule has 1 aromatic heterocycles. The molecule has 7 nitrogen and oxygen atoms in total. The maximum Gasteiger partial charge on any atom is 0.271 e. The van der Waals surface area contributed by atoms with Gasteiger partial charge in [-0.2, -0.15) is 9.90 Å². The average Bonchev–Trinajstić information content (AvgIpc) is 3.25. The molecule has 7 heteroatoms. The Morgan fingerprint density at radius 2 is 1.81 bits per heavy atom. The van der Waals surface area contributed by atoms with Gasteiger partial charge in [-0.15, -0.1) is 10.2 Å². The lowest BCUT2D eigenvalue weighted by Gasteiger charge is -2.04. The summed E-state index contributed by atoms with van der Waals surface area (Å²) >= 11 is 0. The van der Waals surface area contributed by atoms with Gasteiger partial charge >= 0.3 is 0 Å². The fourth-order valence-electron chi connectivity index (χ4n) is 3.13. The molecule has 1 amide bonds. The number of rotatable bonds is 6. The Kier molecular flexibility index (Phi) is 5.93. The van der Waals surface area contributed by atoms with Crippen LogP contribution < -0.4 is 5.43 Å². The van der Waals surface area contributed by atoms with E-state index in [1.54, 1.807) is 18.3 Å². The maximum atomic E-state index is 12.3. The highest BCUT2D eigenvalue weighted by atomic mass is 16.2. The zero-order valence-electron chi connectivity index (χ0n) is 17.4. The number of benzene rings is 3. The van der Waals surface area contributed by atoms with Crippen molar-refractivity contribution in [3.63, 3.8) is 0 Å². The molecule has 0 aliphatic carbocycles. The fraction of sp³-hybridized carbons (Fsp3) is 0.125. The normalized spacial score (nSPS) is 11.0. The molecule has 0 aliphatic heterocycles. The number of carbonyl (C=O) groups excluding carboxylic acids is 1.